The average Bonchev–Trinajstić information content (AvgIpc) is 2.14. The van der Waals surface area contributed by atoms with Crippen molar-refractivity contribution in [3.05, 3.63) is 35.9 Å². The lowest BCUT2D eigenvalue weighted by atomic mass is 10.2. The van der Waals surface area contributed by atoms with Crippen LogP contribution in [0.1, 0.15) is 5.56 Å². The van der Waals surface area contributed by atoms with Gasteiger partial charge in [-0.2, -0.15) is 0 Å². The molecule has 0 aromatic heterocycles. The van der Waals surface area contributed by atoms with E-state index in [-0.39, 0.29) is 12.4 Å². The Balaban J connectivity index is 0.00000144. The van der Waals surface area contributed by atoms with Crippen molar-refractivity contribution in [1.29, 1.82) is 0 Å². The first-order valence-electron chi connectivity index (χ1n) is 3.87. The van der Waals surface area contributed by atoms with Gasteiger partial charge in [0.05, 0.1) is 19.8 Å². The third-order valence-electron chi connectivity index (χ3n) is 1.46. The molecule has 3 nitrogen and oxygen atoms in total. The van der Waals surface area contributed by atoms with Crippen molar-refractivity contribution < 1.29 is 9.57 Å². The van der Waals surface area contributed by atoms with E-state index in [4.69, 9.17) is 10.6 Å². The molecular weight excluding hydrogens is 190 g/mol. The van der Waals surface area contributed by atoms with E-state index in [1.165, 1.54) is 0 Å². The second-order valence-corrected chi connectivity index (χ2v) is 2.41. The summed E-state index contributed by atoms with van der Waals surface area (Å²) in [5.74, 6) is 4.83. The molecule has 74 valence electrons. The fourth-order valence-corrected chi connectivity index (χ4v) is 0.871. The number of ether oxygens (including phenoxy) is 1. The molecule has 0 atom stereocenters. The molecule has 0 unspecified atom stereocenters. The minimum atomic E-state index is 0. The highest BCUT2D eigenvalue weighted by Gasteiger charge is 1.90. The molecule has 13 heavy (non-hydrogen) atoms. The third-order valence-corrected chi connectivity index (χ3v) is 1.46. The zero-order valence-corrected chi connectivity index (χ0v) is 8.13. The molecule has 1 aromatic rings. The summed E-state index contributed by atoms with van der Waals surface area (Å²) in [7, 11) is 0. The van der Waals surface area contributed by atoms with Crippen LogP contribution in [0, 0.1) is 0 Å². The molecule has 2 N–H and O–H groups in total. The highest BCUT2D eigenvalue weighted by Crippen LogP contribution is 1.99. The van der Waals surface area contributed by atoms with Crippen LogP contribution >= 0.6 is 12.4 Å². The molecule has 0 spiro atoms. The number of hydrogen-bond donors (Lipinski definition) is 1. The first-order chi connectivity index (χ1) is 5.93. The maximum atomic E-state index is 5.26. The molecule has 0 bridgehead atoms. The Morgan fingerprint density at radius 2 is 1.77 bits per heavy atom. The Morgan fingerprint density at radius 3 is 2.38 bits per heavy atom. The highest BCUT2D eigenvalue weighted by atomic mass is 35.5. The monoisotopic (exact) mass is 203 g/mol. The van der Waals surface area contributed by atoms with E-state index < -0.39 is 0 Å². The number of hydrogen-bond acceptors (Lipinski definition) is 3. The van der Waals surface area contributed by atoms with Gasteiger partial charge in [-0.05, 0) is 5.56 Å². The van der Waals surface area contributed by atoms with Crippen LogP contribution in [0.4, 0.5) is 0 Å². The van der Waals surface area contributed by atoms with Crippen molar-refractivity contribution in [2.24, 2.45) is 5.90 Å². The SMILES string of the molecule is Cl.NOCCOCc1ccccc1. The van der Waals surface area contributed by atoms with Gasteiger partial charge in [0.15, 0.2) is 0 Å². The molecule has 0 aliphatic rings. The van der Waals surface area contributed by atoms with Gasteiger partial charge in [-0.3, -0.25) is 0 Å². The van der Waals surface area contributed by atoms with E-state index in [1.807, 2.05) is 30.3 Å². The second-order valence-electron chi connectivity index (χ2n) is 2.41. The van der Waals surface area contributed by atoms with E-state index in [9.17, 15) is 0 Å². The van der Waals surface area contributed by atoms with Crippen LogP contribution in [0.2, 0.25) is 0 Å². The van der Waals surface area contributed by atoms with Crippen LogP contribution in [0.25, 0.3) is 0 Å². The first kappa shape index (κ1) is 12.4. The Labute approximate surface area is 84.2 Å². The van der Waals surface area contributed by atoms with Gasteiger partial charge < -0.3 is 9.57 Å². The number of rotatable bonds is 5. The summed E-state index contributed by atoms with van der Waals surface area (Å²) < 4.78 is 5.26. The quantitative estimate of drug-likeness (QED) is 0.583. The molecule has 4 heteroatoms. The van der Waals surface area contributed by atoms with Gasteiger partial charge in [-0.1, -0.05) is 30.3 Å². The van der Waals surface area contributed by atoms with Crippen molar-refractivity contribution in [2.75, 3.05) is 13.2 Å². The van der Waals surface area contributed by atoms with Crippen molar-refractivity contribution in [2.45, 2.75) is 6.61 Å². The number of benzene rings is 1. The van der Waals surface area contributed by atoms with Crippen LogP contribution in [0.3, 0.4) is 0 Å². The predicted molar refractivity (Wildman–Crippen MR) is 53.5 cm³/mol. The van der Waals surface area contributed by atoms with E-state index in [1.54, 1.807) is 0 Å². The van der Waals surface area contributed by atoms with Gasteiger partial charge >= 0.3 is 0 Å². The molecule has 1 rings (SSSR count). The molecule has 0 aliphatic heterocycles. The van der Waals surface area contributed by atoms with Gasteiger partial charge in [0.25, 0.3) is 0 Å². The lowest BCUT2D eigenvalue weighted by Gasteiger charge is -2.02. The van der Waals surface area contributed by atoms with E-state index >= 15 is 0 Å². The van der Waals surface area contributed by atoms with Gasteiger partial charge in [-0.25, -0.2) is 5.90 Å². The second kappa shape index (κ2) is 8.01. The molecule has 0 amide bonds. The van der Waals surface area contributed by atoms with Crippen molar-refractivity contribution in [3.8, 4) is 0 Å². The van der Waals surface area contributed by atoms with Gasteiger partial charge in [0, 0.05) is 0 Å². The summed E-state index contributed by atoms with van der Waals surface area (Å²) in [5.41, 5.74) is 1.16. The molecule has 0 radical (unpaired) electrons. The maximum absolute atomic E-state index is 5.26. The molecule has 0 saturated carbocycles. The summed E-state index contributed by atoms with van der Waals surface area (Å²) in [6.45, 7) is 1.59. The fraction of sp³-hybridized carbons (Fsp3) is 0.333. The maximum Gasteiger partial charge on any atom is 0.0913 e. The van der Waals surface area contributed by atoms with E-state index in [2.05, 4.69) is 4.84 Å². The molecule has 0 saturated heterocycles. The zero-order valence-electron chi connectivity index (χ0n) is 7.31. The molecule has 0 heterocycles. The third kappa shape index (κ3) is 5.60. The van der Waals surface area contributed by atoms with Crippen LogP contribution in [-0.2, 0) is 16.2 Å². The topological polar surface area (TPSA) is 44.5 Å². The average molecular weight is 204 g/mol. The van der Waals surface area contributed by atoms with Gasteiger partial charge in [0.2, 0.25) is 0 Å². The predicted octanol–water partition coefficient (Wildman–Crippen LogP) is 1.52. The number of nitrogens with two attached hydrogens (primary N) is 1. The molecule has 0 fully saturated rings. The largest absolute Gasteiger partial charge is 0.374 e. The minimum Gasteiger partial charge on any atom is -0.374 e. The van der Waals surface area contributed by atoms with Gasteiger partial charge in [-0.15, -0.1) is 12.4 Å². The van der Waals surface area contributed by atoms with Crippen LogP contribution in [-0.4, -0.2) is 13.2 Å². The Hall–Kier alpha value is -0.610. The first-order valence-corrected chi connectivity index (χ1v) is 3.87. The Morgan fingerprint density at radius 1 is 1.08 bits per heavy atom. The van der Waals surface area contributed by atoms with Crippen LogP contribution in [0.15, 0.2) is 30.3 Å². The minimum absolute atomic E-state index is 0. The van der Waals surface area contributed by atoms with Crippen molar-refractivity contribution in [1.82, 2.24) is 0 Å². The molecular formula is C9H14ClNO2. The number of halogens is 1. The standard InChI is InChI=1S/C9H13NO2.ClH/c10-12-7-6-11-8-9-4-2-1-3-5-9;/h1-5H,6-8,10H2;1H. The van der Waals surface area contributed by atoms with E-state index in [0.717, 1.165) is 5.56 Å². The fourth-order valence-electron chi connectivity index (χ4n) is 0.871. The zero-order chi connectivity index (χ0) is 8.65. The van der Waals surface area contributed by atoms with Crippen LogP contribution < -0.4 is 5.90 Å². The van der Waals surface area contributed by atoms with Crippen LogP contribution in [0.5, 0.6) is 0 Å². The summed E-state index contributed by atoms with van der Waals surface area (Å²) in [6, 6.07) is 9.98. The summed E-state index contributed by atoms with van der Waals surface area (Å²) >= 11 is 0. The lowest BCUT2D eigenvalue weighted by molar-refractivity contribution is 0.0405. The Bertz CT molecular complexity index is 206. The molecule has 0 aliphatic carbocycles. The molecule has 1 aromatic carbocycles. The lowest BCUT2D eigenvalue weighted by Crippen LogP contribution is -2.07. The van der Waals surface area contributed by atoms with Gasteiger partial charge in [0.1, 0.15) is 0 Å². The smallest absolute Gasteiger partial charge is 0.0913 e. The summed E-state index contributed by atoms with van der Waals surface area (Å²) in [6.07, 6.45) is 0. The van der Waals surface area contributed by atoms with E-state index in [0.29, 0.717) is 19.8 Å². The normalized spacial score (nSPS) is 9.31. The highest BCUT2D eigenvalue weighted by molar-refractivity contribution is 5.85. The van der Waals surface area contributed by atoms with Crippen molar-refractivity contribution in [3.63, 3.8) is 0 Å². The summed E-state index contributed by atoms with van der Waals surface area (Å²) in [5, 5.41) is 0. The summed E-state index contributed by atoms with van der Waals surface area (Å²) in [4.78, 5) is 4.35. The Kier molecular flexibility index (Phi) is 7.63. The van der Waals surface area contributed by atoms with Crippen molar-refractivity contribution >= 4 is 12.4 Å².